The number of hydrogen-bond donors (Lipinski definition) is 2. The molecule has 0 aromatic heterocycles. The molecule has 1 aromatic carbocycles. The molecule has 92 valence electrons. The van der Waals surface area contributed by atoms with Crippen LogP contribution >= 0.6 is 0 Å². The van der Waals surface area contributed by atoms with Gasteiger partial charge >= 0.3 is 11.9 Å². The summed E-state index contributed by atoms with van der Waals surface area (Å²) in [5.74, 6) is -2.08. The van der Waals surface area contributed by atoms with Gasteiger partial charge in [0.1, 0.15) is 0 Å². The largest absolute Gasteiger partial charge is 0.462 e. The Balaban J connectivity index is 0.000000325. The second kappa shape index (κ2) is 6.77. The van der Waals surface area contributed by atoms with Crippen molar-refractivity contribution in [1.82, 2.24) is 0 Å². The number of non-ortho nitro benzene ring substituents is 1. The summed E-state index contributed by atoms with van der Waals surface area (Å²) in [5.41, 5.74) is 10.3. The molecular formula is C9H11N3O5. The van der Waals surface area contributed by atoms with Crippen molar-refractivity contribution in [3.05, 3.63) is 34.4 Å². The van der Waals surface area contributed by atoms with Crippen LogP contribution in [0.3, 0.4) is 0 Å². The van der Waals surface area contributed by atoms with Crippen LogP contribution in [0.15, 0.2) is 24.3 Å². The first kappa shape index (κ1) is 14.4. The number of nitro groups is 1. The van der Waals surface area contributed by atoms with Crippen LogP contribution in [-0.2, 0) is 14.3 Å². The SMILES string of the molecule is COC(=O)C(N)=O.Nc1ccc([N+](=O)[O-])cc1. The van der Waals surface area contributed by atoms with Crippen LogP contribution in [-0.4, -0.2) is 23.9 Å². The fourth-order valence-corrected chi connectivity index (χ4v) is 0.697. The van der Waals surface area contributed by atoms with E-state index in [-0.39, 0.29) is 5.69 Å². The Morgan fingerprint density at radius 3 is 2.00 bits per heavy atom. The number of nitrogens with zero attached hydrogens (tertiary/aromatic N) is 1. The van der Waals surface area contributed by atoms with Gasteiger partial charge in [-0.05, 0) is 12.1 Å². The molecular weight excluding hydrogens is 230 g/mol. The molecule has 0 saturated heterocycles. The van der Waals surface area contributed by atoms with Crippen molar-refractivity contribution < 1.29 is 19.2 Å². The standard InChI is InChI=1S/C6H6N2O2.C3H5NO3/c7-5-1-3-6(4-2-5)8(9)10;1-7-3(6)2(4)5/h1-4H,7H2;1H3,(H2,4,5). The van der Waals surface area contributed by atoms with E-state index in [9.17, 15) is 19.7 Å². The van der Waals surface area contributed by atoms with E-state index in [0.717, 1.165) is 7.11 Å². The van der Waals surface area contributed by atoms with Gasteiger partial charge in [0.2, 0.25) is 0 Å². The van der Waals surface area contributed by atoms with Crippen molar-refractivity contribution in [3.8, 4) is 0 Å². The van der Waals surface area contributed by atoms with Crippen LogP contribution in [0.5, 0.6) is 0 Å². The Labute approximate surface area is 96.3 Å². The van der Waals surface area contributed by atoms with Crippen molar-refractivity contribution in [2.24, 2.45) is 5.73 Å². The van der Waals surface area contributed by atoms with Gasteiger partial charge < -0.3 is 16.2 Å². The van der Waals surface area contributed by atoms with Gasteiger partial charge in [0.15, 0.2) is 0 Å². The van der Waals surface area contributed by atoms with Gasteiger partial charge in [-0.2, -0.15) is 0 Å². The average molecular weight is 241 g/mol. The topological polar surface area (TPSA) is 139 Å². The number of primary amides is 1. The van der Waals surface area contributed by atoms with Gasteiger partial charge in [0.25, 0.3) is 5.69 Å². The van der Waals surface area contributed by atoms with Gasteiger partial charge in [0, 0.05) is 17.8 Å². The molecule has 0 spiro atoms. The minimum Gasteiger partial charge on any atom is -0.462 e. The molecule has 1 amide bonds. The van der Waals surface area contributed by atoms with Crippen molar-refractivity contribution in [1.29, 1.82) is 0 Å². The minimum absolute atomic E-state index is 0.0641. The summed E-state index contributed by atoms with van der Waals surface area (Å²) in [6.07, 6.45) is 0. The smallest absolute Gasteiger partial charge is 0.396 e. The number of nitro benzene ring substituents is 1. The molecule has 0 radical (unpaired) electrons. The number of carbonyl (C=O) groups excluding carboxylic acids is 2. The zero-order valence-electron chi connectivity index (χ0n) is 8.95. The number of amides is 1. The van der Waals surface area contributed by atoms with Crippen molar-refractivity contribution in [2.45, 2.75) is 0 Å². The highest BCUT2D eigenvalue weighted by molar-refractivity contribution is 6.31. The molecule has 0 aliphatic heterocycles. The molecule has 0 fully saturated rings. The van der Waals surface area contributed by atoms with Crippen LogP contribution in [0, 0.1) is 10.1 Å². The molecule has 0 aliphatic carbocycles. The summed E-state index contributed by atoms with van der Waals surface area (Å²) in [4.78, 5) is 29.1. The Kier molecular flexibility index (Phi) is 5.72. The monoisotopic (exact) mass is 241 g/mol. The molecule has 1 aromatic rings. The molecule has 0 atom stereocenters. The quantitative estimate of drug-likeness (QED) is 0.230. The lowest BCUT2D eigenvalue weighted by Crippen LogP contribution is -2.23. The number of methoxy groups -OCH3 is 1. The van der Waals surface area contributed by atoms with E-state index in [4.69, 9.17) is 5.73 Å². The van der Waals surface area contributed by atoms with E-state index in [2.05, 4.69) is 10.5 Å². The first-order valence-corrected chi connectivity index (χ1v) is 4.26. The molecule has 0 saturated carbocycles. The van der Waals surface area contributed by atoms with E-state index in [1.165, 1.54) is 24.3 Å². The van der Waals surface area contributed by atoms with Crippen molar-refractivity contribution in [2.75, 3.05) is 12.8 Å². The molecule has 0 aliphatic rings. The molecule has 0 unspecified atom stereocenters. The highest BCUT2D eigenvalue weighted by Gasteiger charge is 2.04. The number of benzene rings is 1. The van der Waals surface area contributed by atoms with Gasteiger partial charge in [-0.25, -0.2) is 4.79 Å². The maximum atomic E-state index is 10.1. The Morgan fingerprint density at radius 2 is 1.76 bits per heavy atom. The Bertz CT molecular complexity index is 415. The van der Waals surface area contributed by atoms with Crippen LogP contribution in [0.1, 0.15) is 0 Å². The number of esters is 1. The van der Waals surface area contributed by atoms with E-state index in [0.29, 0.717) is 5.69 Å². The first-order valence-electron chi connectivity index (χ1n) is 4.26. The molecule has 0 bridgehead atoms. The van der Waals surface area contributed by atoms with E-state index in [1.807, 2.05) is 0 Å². The van der Waals surface area contributed by atoms with Crippen LogP contribution in [0.4, 0.5) is 11.4 Å². The number of rotatable bonds is 1. The predicted octanol–water partition coefficient (Wildman–Crippen LogP) is -0.178. The molecule has 8 nitrogen and oxygen atoms in total. The van der Waals surface area contributed by atoms with Crippen molar-refractivity contribution >= 4 is 23.3 Å². The second-order valence-electron chi connectivity index (χ2n) is 2.70. The van der Waals surface area contributed by atoms with Gasteiger partial charge in [-0.15, -0.1) is 0 Å². The lowest BCUT2D eigenvalue weighted by molar-refractivity contribution is -0.384. The van der Waals surface area contributed by atoms with Crippen LogP contribution in [0.25, 0.3) is 0 Å². The maximum Gasteiger partial charge on any atom is 0.396 e. The zero-order chi connectivity index (χ0) is 13.4. The summed E-state index contributed by atoms with van der Waals surface area (Å²) in [6.45, 7) is 0. The van der Waals surface area contributed by atoms with Crippen LogP contribution < -0.4 is 11.5 Å². The van der Waals surface area contributed by atoms with Crippen LogP contribution in [0.2, 0.25) is 0 Å². The summed E-state index contributed by atoms with van der Waals surface area (Å²) >= 11 is 0. The number of nitrogens with two attached hydrogens (primary N) is 2. The van der Waals surface area contributed by atoms with E-state index >= 15 is 0 Å². The number of nitrogen functional groups attached to an aromatic ring is 1. The van der Waals surface area contributed by atoms with Gasteiger partial charge in [-0.3, -0.25) is 14.9 Å². The highest BCUT2D eigenvalue weighted by Crippen LogP contribution is 2.11. The Morgan fingerprint density at radius 1 is 1.29 bits per heavy atom. The molecule has 4 N–H and O–H groups in total. The number of anilines is 1. The second-order valence-corrected chi connectivity index (χ2v) is 2.70. The first-order chi connectivity index (χ1) is 7.88. The van der Waals surface area contributed by atoms with E-state index < -0.39 is 16.8 Å². The molecule has 17 heavy (non-hydrogen) atoms. The summed E-state index contributed by atoms with van der Waals surface area (Å²) in [5, 5.41) is 10.1. The lowest BCUT2D eigenvalue weighted by Gasteiger charge is -1.90. The number of ether oxygens (including phenoxy) is 1. The third-order valence-electron chi connectivity index (χ3n) is 1.49. The molecule has 0 heterocycles. The maximum absolute atomic E-state index is 10.1. The molecule has 8 heteroatoms. The van der Waals surface area contributed by atoms with Crippen molar-refractivity contribution in [3.63, 3.8) is 0 Å². The summed E-state index contributed by atoms with van der Waals surface area (Å²) in [6, 6.07) is 5.74. The summed E-state index contributed by atoms with van der Waals surface area (Å²) < 4.78 is 3.90. The third-order valence-corrected chi connectivity index (χ3v) is 1.49. The fourth-order valence-electron chi connectivity index (χ4n) is 0.697. The van der Waals surface area contributed by atoms with E-state index in [1.54, 1.807) is 0 Å². The number of carbonyl (C=O) groups is 2. The van der Waals surface area contributed by atoms with Gasteiger partial charge in [0.05, 0.1) is 12.0 Å². The Hall–Kier alpha value is -2.64. The third kappa shape index (κ3) is 5.72. The average Bonchev–Trinajstić information content (AvgIpc) is 2.29. The normalized spacial score (nSPS) is 8.53. The minimum atomic E-state index is -1.07. The lowest BCUT2D eigenvalue weighted by atomic mass is 10.3. The number of hydrogen-bond acceptors (Lipinski definition) is 6. The summed E-state index contributed by atoms with van der Waals surface area (Å²) in [7, 11) is 1.09. The molecule has 1 rings (SSSR count). The predicted molar refractivity (Wildman–Crippen MR) is 58.7 cm³/mol. The zero-order valence-corrected chi connectivity index (χ0v) is 8.95. The van der Waals surface area contributed by atoms with Gasteiger partial charge in [-0.1, -0.05) is 0 Å². The fraction of sp³-hybridized carbons (Fsp3) is 0.111. The highest BCUT2D eigenvalue weighted by atomic mass is 16.6.